The van der Waals surface area contributed by atoms with Crippen LogP contribution in [-0.2, 0) is 12.2 Å². The van der Waals surface area contributed by atoms with Crippen molar-refractivity contribution in [1.82, 2.24) is 0 Å². The van der Waals surface area contributed by atoms with Gasteiger partial charge >= 0.3 is 0 Å². The lowest BCUT2D eigenvalue weighted by Gasteiger charge is -2.08. The lowest BCUT2D eigenvalue weighted by molar-refractivity contribution is 0.102. The van der Waals surface area contributed by atoms with E-state index >= 15 is 0 Å². The Hall–Kier alpha value is -2.70. The van der Waals surface area contributed by atoms with Gasteiger partial charge in [0.1, 0.15) is 4.38 Å². The van der Waals surface area contributed by atoms with Gasteiger partial charge in [0.2, 0.25) is 0 Å². The Morgan fingerprint density at radius 3 is 2.50 bits per heavy atom. The molecule has 0 saturated carbocycles. The van der Waals surface area contributed by atoms with Gasteiger partial charge in [0.15, 0.2) is 0 Å². The summed E-state index contributed by atoms with van der Waals surface area (Å²) in [5.41, 5.74) is 10.2. The number of para-hydroxylation sites is 2. The Morgan fingerprint density at radius 1 is 1.00 bits per heavy atom. The summed E-state index contributed by atoms with van der Waals surface area (Å²) in [4.78, 5) is 17.3. The number of carbonyl (C=O) groups excluding carboxylic acids is 1. The fourth-order valence-electron chi connectivity index (χ4n) is 3.16. The van der Waals surface area contributed by atoms with Gasteiger partial charge in [0, 0.05) is 17.1 Å². The number of carbonyl (C=O) groups is 1. The number of hydrogen-bond donors (Lipinski definition) is 2. The van der Waals surface area contributed by atoms with Crippen molar-refractivity contribution in [1.29, 1.82) is 0 Å². The maximum Gasteiger partial charge on any atom is 0.255 e. The van der Waals surface area contributed by atoms with Crippen molar-refractivity contribution in [2.24, 2.45) is 4.99 Å². The number of thioether (sulfide) groups is 2. The molecule has 0 aromatic heterocycles. The van der Waals surface area contributed by atoms with Crippen LogP contribution in [0.1, 0.15) is 21.5 Å². The minimum Gasteiger partial charge on any atom is -0.397 e. The SMILES string of the molecule is Nc1ccccc1NC(=O)c1ccc(CSC2=N[C@@H](Cc3ccccc3)CS2)cc1. The van der Waals surface area contributed by atoms with Crippen LogP contribution in [0.15, 0.2) is 83.9 Å². The third kappa shape index (κ3) is 5.46. The first-order valence-corrected chi connectivity index (χ1v) is 11.8. The summed E-state index contributed by atoms with van der Waals surface area (Å²) in [6.45, 7) is 0. The zero-order valence-electron chi connectivity index (χ0n) is 16.5. The molecule has 6 heteroatoms. The number of benzene rings is 3. The summed E-state index contributed by atoms with van der Waals surface area (Å²) in [5, 5.41) is 2.86. The van der Waals surface area contributed by atoms with E-state index in [9.17, 15) is 4.79 Å². The molecule has 4 rings (SSSR count). The van der Waals surface area contributed by atoms with Gasteiger partial charge in [-0.3, -0.25) is 9.79 Å². The molecule has 1 atom stereocenters. The lowest BCUT2D eigenvalue weighted by atomic mass is 10.1. The predicted molar refractivity (Wildman–Crippen MR) is 130 cm³/mol. The highest BCUT2D eigenvalue weighted by atomic mass is 32.2. The molecule has 1 aliphatic rings. The molecule has 1 heterocycles. The van der Waals surface area contributed by atoms with Gasteiger partial charge in [-0.25, -0.2) is 0 Å². The number of nitrogens with two attached hydrogens (primary N) is 1. The second kappa shape index (κ2) is 9.87. The first-order chi connectivity index (χ1) is 14.7. The number of anilines is 2. The number of hydrogen-bond acceptors (Lipinski definition) is 5. The molecule has 0 unspecified atom stereocenters. The molecule has 152 valence electrons. The highest BCUT2D eigenvalue weighted by molar-refractivity contribution is 8.38. The van der Waals surface area contributed by atoms with E-state index in [2.05, 4.69) is 29.6 Å². The van der Waals surface area contributed by atoms with E-state index in [1.807, 2.05) is 54.2 Å². The minimum absolute atomic E-state index is 0.161. The van der Waals surface area contributed by atoms with Crippen molar-refractivity contribution >= 4 is 45.2 Å². The first kappa shape index (κ1) is 20.6. The quantitative estimate of drug-likeness (QED) is 0.506. The van der Waals surface area contributed by atoms with Crippen LogP contribution in [-0.4, -0.2) is 22.1 Å². The van der Waals surface area contributed by atoms with E-state index in [4.69, 9.17) is 10.7 Å². The summed E-state index contributed by atoms with van der Waals surface area (Å²) < 4.78 is 1.15. The molecular formula is C24H23N3OS2. The van der Waals surface area contributed by atoms with E-state index in [0.29, 0.717) is 23.0 Å². The zero-order valence-corrected chi connectivity index (χ0v) is 18.1. The van der Waals surface area contributed by atoms with Crippen LogP contribution >= 0.6 is 23.5 Å². The molecule has 0 radical (unpaired) electrons. The smallest absolute Gasteiger partial charge is 0.255 e. The second-order valence-electron chi connectivity index (χ2n) is 7.08. The van der Waals surface area contributed by atoms with Gasteiger partial charge < -0.3 is 11.1 Å². The molecule has 0 fully saturated rings. The zero-order chi connectivity index (χ0) is 20.8. The number of aliphatic imine (C=N–C) groups is 1. The van der Waals surface area contributed by atoms with Crippen molar-refractivity contribution in [3.05, 3.63) is 95.6 Å². The first-order valence-electron chi connectivity index (χ1n) is 9.79. The van der Waals surface area contributed by atoms with Gasteiger partial charge in [-0.15, -0.1) is 0 Å². The fraction of sp³-hybridized carbons (Fsp3) is 0.167. The molecule has 3 aromatic rings. The predicted octanol–water partition coefficient (Wildman–Crippen LogP) is 5.47. The maximum absolute atomic E-state index is 12.4. The Labute approximate surface area is 185 Å². The average molecular weight is 434 g/mol. The molecule has 0 saturated heterocycles. The largest absolute Gasteiger partial charge is 0.397 e. The molecule has 0 bridgehead atoms. The molecule has 0 spiro atoms. The molecule has 1 amide bonds. The molecule has 0 aliphatic carbocycles. The van der Waals surface area contributed by atoms with Crippen LogP contribution in [0, 0.1) is 0 Å². The number of rotatable bonds is 6. The number of amides is 1. The Kier molecular flexibility index (Phi) is 6.77. The molecule has 1 aliphatic heterocycles. The van der Waals surface area contributed by atoms with Crippen LogP contribution in [0.25, 0.3) is 0 Å². The summed E-state index contributed by atoms with van der Waals surface area (Å²) in [5.74, 6) is 1.72. The molecule has 3 N–H and O–H groups in total. The van der Waals surface area contributed by atoms with E-state index in [0.717, 1.165) is 22.3 Å². The topological polar surface area (TPSA) is 67.5 Å². The third-order valence-corrected chi connectivity index (χ3v) is 7.23. The molecule has 4 nitrogen and oxygen atoms in total. The van der Waals surface area contributed by atoms with Gasteiger partial charge in [0.05, 0.1) is 17.4 Å². The summed E-state index contributed by atoms with van der Waals surface area (Å²) in [6.07, 6.45) is 0.994. The third-order valence-electron chi connectivity index (χ3n) is 4.79. The van der Waals surface area contributed by atoms with Crippen LogP contribution in [0.5, 0.6) is 0 Å². The van der Waals surface area contributed by atoms with Gasteiger partial charge in [-0.1, -0.05) is 78.1 Å². The van der Waals surface area contributed by atoms with Gasteiger partial charge in [0.25, 0.3) is 5.91 Å². The Morgan fingerprint density at radius 2 is 1.73 bits per heavy atom. The maximum atomic E-state index is 12.4. The van der Waals surface area contributed by atoms with E-state index in [-0.39, 0.29) is 5.91 Å². The van der Waals surface area contributed by atoms with E-state index in [1.165, 1.54) is 11.1 Å². The highest BCUT2D eigenvalue weighted by Crippen LogP contribution is 2.30. The van der Waals surface area contributed by atoms with Crippen molar-refractivity contribution in [3.8, 4) is 0 Å². The summed E-state index contributed by atoms with van der Waals surface area (Å²) in [6, 6.07) is 25.8. The Balaban J connectivity index is 1.29. The molecular weight excluding hydrogens is 410 g/mol. The lowest BCUT2D eigenvalue weighted by Crippen LogP contribution is -2.13. The van der Waals surface area contributed by atoms with Crippen molar-refractivity contribution in [2.45, 2.75) is 18.2 Å². The highest BCUT2D eigenvalue weighted by Gasteiger charge is 2.19. The van der Waals surface area contributed by atoms with Crippen molar-refractivity contribution in [2.75, 3.05) is 16.8 Å². The Bertz CT molecular complexity index is 1040. The average Bonchev–Trinajstić information content (AvgIpc) is 3.22. The second-order valence-corrected chi connectivity index (χ2v) is 9.31. The van der Waals surface area contributed by atoms with E-state index in [1.54, 1.807) is 23.9 Å². The monoisotopic (exact) mass is 433 g/mol. The fourth-order valence-corrected chi connectivity index (χ4v) is 5.33. The van der Waals surface area contributed by atoms with Crippen LogP contribution < -0.4 is 11.1 Å². The number of nitrogens with one attached hydrogen (secondary N) is 1. The number of nitrogen functional groups attached to an aromatic ring is 1. The molecule has 30 heavy (non-hydrogen) atoms. The van der Waals surface area contributed by atoms with Crippen LogP contribution in [0.4, 0.5) is 11.4 Å². The van der Waals surface area contributed by atoms with Crippen LogP contribution in [0.3, 0.4) is 0 Å². The van der Waals surface area contributed by atoms with Gasteiger partial charge in [-0.05, 0) is 41.8 Å². The summed E-state index contributed by atoms with van der Waals surface area (Å²) >= 11 is 3.60. The standard InChI is InChI=1S/C24H23N3OS2/c25-21-8-4-5-9-22(21)27-23(28)19-12-10-18(11-13-19)15-29-24-26-20(16-30-24)14-17-6-2-1-3-7-17/h1-13,20H,14-16,25H2,(H,27,28)/t20-/m0/s1. The van der Waals surface area contributed by atoms with Crippen molar-refractivity contribution in [3.63, 3.8) is 0 Å². The van der Waals surface area contributed by atoms with Crippen molar-refractivity contribution < 1.29 is 4.79 Å². The van der Waals surface area contributed by atoms with Crippen LogP contribution in [0.2, 0.25) is 0 Å². The minimum atomic E-state index is -0.161. The molecule has 3 aromatic carbocycles. The summed E-state index contributed by atoms with van der Waals surface area (Å²) in [7, 11) is 0. The van der Waals surface area contributed by atoms with E-state index < -0.39 is 0 Å². The van der Waals surface area contributed by atoms with Gasteiger partial charge in [-0.2, -0.15) is 0 Å². The normalized spacial score (nSPS) is 15.6. The number of nitrogens with zero attached hydrogens (tertiary/aromatic N) is 1.